The number of hydrogen-bond acceptors (Lipinski definition) is 6. The molecule has 1 aromatic heterocycles. The molecule has 29 heavy (non-hydrogen) atoms. The van der Waals surface area contributed by atoms with Gasteiger partial charge in [0.15, 0.2) is 0 Å². The van der Waals surface area contributed by atoms with Crippen molar-refractivity contribution in [2.45, 2.75) is 31.9 Å². The monoisotopic (exact) mass is 500 g/mol. The summed E-state index contributed by atoms with van der Waals surface area (Å²) in [5.74, 6) is -3.66. The van der Waals surface area contributed by atoms with E-state index >= 15 is 8.78 Å². The largest absolute Gasteiger partial charge is 0.463 e. The summed E-state index contributed by atoms with van der Waals surface area (Å²) in [6.45, 7) is 2.12. The van der Waals surface area contributed by atoms with E-state index in [9.17, 15) is 13.3 Å². The average molecular weight is 501 g/mol. The molecule has 1 aliphatic carbocycles. The molecule has 1 atom stereocenters. The lowest BCUT2D eigenvalue weighted by Crippen LogP contribution is -2.19. The van der Waals surface area contributed by atoms with Crippen molar-refractivity contribution >= 4 is 34.4 Å². The lowest BCUT2D eigenvalue weighted by Gasteiger charge is -2.26. The van der Waals surface area contributed by atoms with Gasteiger partial charge in [0.25, 0.3) is 5.92 Å². The number of nitrogens with zero attached hydrogens (tertiary/aromatic N) is 2. The number of benzene rings is 1. The van der Waals surface area contributed by atoms with Crippen molar-refractivity contribution in [2.75, 3.05) is 19.8 Å². The van der Waals surface area contributed by atoms with E-state index in [1.165, 1.54) is 26.1 Å². The second-order valence-electron chi connectivity index (χ2n) is 6.39. The SMILES string of the molecule is CCOP(=O)(OCC)C(F)(F)c1cc2nc(OC[C@H]3CC3(F)F)ncc2cc1Br. The highest BCUT2D eigenvalue weighted by atomic mass is 79.9. The van der Waals surface area contributed by atoms with Gasteiger partial charge in [0.05, 0.1) is 24.6 Å². The van der Waals surface area contributed by atoms with Crippen molar-refractivity contribution in [2.24, 2.45) is 5.92 Å². The minimum absolute atomic E-state index is 0.0375. The Kier molecular flexibility index (Phi) is 6.25. The first-order valence-electron chi connectivity index (χ1n) is 8.78. The lowest BCUT2D eigenvalue weighted by molar-refractivity contribution is 0.0355. The fraction of sp³-hybridized carbons (Fsp3) is 0.529. The van der Waals surface area contributed by atoms with Gasteiger partial charge in [-0.15, -0.1) is 0 Å². The fourth-order valence-corrected chi connectivity index (χ4v) is 4.97. The number of ether oxygens (including phenoxy) is 1. The van der Waals surface area contributed by atoms with Crippen molar-refractivity contribution in [1.82, 2.24) is 9.97 Å². The maximum Gasteiger partial charge on any atom is 0.404 e. The first kappa shape index (κ1) is 22.4. The van der Waals surface area contributed by atoms with Gasteiger partial charge in [-0.3, -0.25) is 4.57 Å². The van der Waals surface area contributed by atoms with Gasteiger partial charge >= 0.3 is 19.3 Å². The highest BCUT2D eigenvalue weighted by Crippen LogP contribution is 2.67. The minimum atomic E-state index is -4.81. The van der Waals surface area contributed by atoms with Crippen LogP contribution < -0.4 is 4.74 Å². The molecule has 0 bridgehead atoms. The Bertz CT molecular complexity index is 952. The van der Waals surface area contributed by atoms with Crippen molar-refractivity contribution < 1.29 is 35.9 Å². The van der Waals surface area contributed by atoms with Crippen LogP contribution in [0.3, 0.4) is 0 Å². The molecule has 1 saturated carbocycles. The van der Waals surface area contributed by atoms with E-state index in [0.717, 1.165) is 6.07 Å². The molecular weight excluding hydrogens is 483 g/mol. The number of aromatic nitrogens is 2. The lowest BCUT2D eigenvalue weighted by atomic mass is 10.1. The van der Waals surface area contributed by atoms with Crippen LogP contribution in [0, 0.1) is 5.92 Å². The van der Waals surface area contributed by atoms with E-state index in [-0.39, 0.29) is 42.2 Å². The Balaban J connectivity index is 1.94. The third-order valence-corrected chi connectivity index (χ3v) is 7.06. The number of halogens is 5. The van der Waals surface area contributed by atoms with Gasteiger partial charge in [-0.25, -0.2) is 13.8 Å². The summed E-state index contributed by atoms with van der Waals surface area (Å²) < 4.78 is 83.6. The third-order valence-electron chi connectivity index (χ3n) is 4.28. The number of hydrogen-bond donors (Lipinski definition) is 0. The second kappa shape index (κ2) is 8.09. The summed E-state index contributed by atoms with van der Waals surface area (Å²) in [5.41, 5.74) is -4.54. The normalized spacial score (nSPS) is 18.8. The number of rotatable bonds is 9. The van der Waals surface area contributed by atoms with Crippen molar-refractivity contribution in [3.63, 3.8) is 0 Å². The van der Waals surface area contributed by atoms with Crippen molar-refractivity contribution in [3.05, 3.63) is 28.4 Å². The second-order valence-corrected chi connectivity index (χ2v) is 9.32. The summed E-state index contributed by atoms with van der Waals surface area (Å²) in [4.78, 5) is 7.91. The Morgan fingerprint density at radius 3 is 2.45 bits per heavy atom. The molecule has 0 spiro atoms. The first-order chi connectivity index (χ1) is 13.5. The topological polar surface area (TPSA) is 70.5 Å². The summed E-state index contributed by atoms with van der Waals surface area (Å²) in [5, 5.41) is 0.392. The van der Waals surface area contributed by atoms with E-state index in [2.05, 4.69) is 25.9 Å². The van der Waals surface area contributed by atoms with Crippen LogP contribution in [0.1, 0.15) is 25.8 Å². The maximum absolute atomic E-state index is 15.1. The van der Waals surface area contributed by atoms with Crippen LogP contribution in [0.2, 0.25) is 0 Å². The van der Waals surface area contributed by atoms with E-state index in [1.54, 1.807) is 0 Å². The molecule has 3 rings (SSSR count). The molecule has 6 nitrogen and oxygen atoms in total. The van der Waals surface area contributed by atoms with Crippen molar-refractivity contribution in [1.29, 1.82) is 0 Å². The van der Waals surface area contributed by atoms with Gasteiger partial charge in [0.2, 0.25) is 0 Å². The smallest absolute Gasteiger partial charge is 0.404 e. The van der Waals surface area contributed by atoms with Gasteiger partial charge in [-0.2, -0.15) is 13.8 Å². The van der Waals surface area contributed by atoms with Gasteiger partial charge in [-0.05, 0) is 26.0 Å². The third kappa shape index (κ3) is 4.42. The molecule has 0 saturated heterocycles. The predicted octanol–water partition coefficient (Wildman–Crippen LogP) is 5.74. The van der Waals surface area contributed by atoms with Gasteiger partial charge in [-0.1, -0.05) is 15.9 Å². The minimum Gasteiger partial charge on any atom is -0.463 e. The van der Waals surface area contributed by atoms with Gasteiger partial charge < -0.3 is 13.8 Å². The van der Waals surface area contributed by atoms with Crippen LogP contribution >= 0.6 is 23.5 Å². The zero-order valence-electron chi connectivity index (χ0n) is 15.5. The molecule has 160 valence electrons. The van der Waals surface area contributed by atoms with Crippen LogP contribution in [0.15, 0.2) is 22.8 Å². The van der Waals surface area contributed by atoms with Crippen LogP contribution in [0.25, 0.3) is 10.9 Å². The molecule has 1 aliphatic rings. The molecule has 1 heterocycles. The molecule has 0 unspecified atom stereocenters. The van der Waals surface area contributed by atoms with E-state index in [1.807, 2.05) is 0 Å². The fourth-order valence-electron chi connectivity index (χ4n) is 2.65. The quantitative estimate of drug-likeness (QED) is 0.323. The molecule has 0 radical (unpaired) electrons. The Morgan fingerprint density at radius 1 is 1.28 bits per heavy atom. The van der Waals surface area contributed by atoms with Crippen LogP contribution in [0.4, 0.5) is 17.6 Å². The van der Waals surface area contributed by atoms with Crippen LogP contribution in [-0.4, -0.2) is 35.7 Å². The standard InChI is InChI=1S/C17H18BrF4N2O4P/c1-3-27-29(25,28-4-2)17(21,22)12-6-14-10(5-13(12)18)8-23-15(24-14)26-9-11-7-16(11,19)20/h5-6,8,11H,3-4,7,9H2,1-2H3/t11-/m1/s1. The predicted molar refractivity (Wildman–Crippen MR) is 101 cm³/mol. The van der Waals surface area contributed by atoms with Crippen molar-refractivity contribution in [3.8, 4) is 6.01 Å². The first-order valence-corrected chi connectivity index (χ1v) is 11.1. The molecule has 1 fully saturated rings. The van der Waals surface area contributed by atoms with Crippen LogP contribution in [0.5, 0.6) is 6.01 Å². The Hall–Kier alpha value is -1.29. The Labute approximate surface area is 172 Å². The number of fused-ring (bicyclic) bond motifs is 1. The highest BCUT2D eigenvalue weighted by Gasteiger charge is 2.57. The summed E-state index contributed by atoms with van der Waals surface area (Å²) in [6, 6.07) is 2.14. The molecule has 0 aliphatic heterocycles. The maximum atomic E-state index is 15.1. The number of alkyl halides is 4. The summed E-state index contributed by atoms with van der Waals surface area (Å²) in [7, 11) is -4.81. The summed E-state index contributed by atoms with van der Waals surface area (Å²) >= 11 is 3.05. The molecular formula is C17H18BrF4N2O4P. The highest BCUT2D eigenvalue weighted by molar-refractivity contribution is 9.10. The van der Waals surface area contributed by atoms with Gasteiger partial charge in [0.1, 0.15) is 6.61 Å². The molecule has 1 aromatic carbocycles. The molecule has 0 N–H and O–H groups in total. The zero-order valence-corrected chi connectivity index (χ0v) is 18.0. The molecule has 0 amide bonds. The van der Waals surface area contributed by atoms with E-state index in [0.29, 0.717) is 5.39 Å². The zero-order chi connectivity index (χ0) is 21.4. The van der Waals surface area contributed by atoms with E-state index in [4.69, 9.17) is 13.8 Å². The molecule has 12 heteroatoms. The summed E-state index contributed by atoms with van der Waals surface area (Å²) in [6.07, 6.45) is 1.05. The van der Waals surface area contributed by atoms with Gasteiger partial charge in [0, 0.05) is 28.0 Å². The molecule has 2 aromatic rings. The Morgan fingerprint density at radius 2 is 1.90 bits per heavy atom. The van der Waals surface area contributed by atoms with Crippen LogP contribution in [-0.2, 0) is 19.3 Å². The average Bonchev–Trinajstić information content (AvgIpc) is 3.26. The van der Waals surface area contributed by atoms with E-state index < -0.39 is 30.7 Å².